The summed E-state index contributed by atoms with van der Waals surface area (Å²) in [7, 11) is 1.60. The van der Waals surface area contributed by atoms with Gasteiger partial charge in [-0.05, 0) is 42.0 Å². The van der Waals surface area contributed by atoms with Crippen molar-refractivity contribution in [1.29, 1.82) is 0 Å². The molecular formula is C20H14N4O5S. The van der Waals surface area contributed by atoms with Crippen molar-refractivity contribution in [3.05, 3.63) is 80.0 Å². The Bertz CT molecular complexity index is 1310. The summed E-state index contributed by atoms with van der Waals surface area (Å²) in [6.45, 7) is 0. The molecule has 150 valence electrons. The highest BCUT2D eigenvalue weighted by atomic mass is 32.1. The number of rotatable bonds is 6. The Kier molecular flexibility index (Phi) is 5.22. The monoisotopic (exact) mass is 422 g/mol. The molecule has 0 amide bonds. The van der Waals surface area contributed by atoms with E-state index in [1.54, 1.807) is 18.7 Å². The third-order valence-electron chi connectivity index (χ3n) is 4.20. The number of hydrogen-bond donors (Lipinski definition) is 1. The van der Waals surface area contributed by atoms with E-state index < -0.39 is 10.5 Å². The van der Waals surface area contributed by atoms with Crippen molar-refractivity contribution in [1.82, 2.24) is 4.98 Å². The van der Waals surface area contributed by atoms with Crippen molar-refractivity contribution in [3.63, 3.8) is 0 Å². The molecule has 0 unspecified atom stereocenters. The summed E-state index contributed by atoms with van der Waals surface area (Å²) in [4.78, 5) is 27.1. The zero-order valence-corrected chi connectivity index (χ0v) is 16.4. The van der Waals surface area contributed by atoms with Gasteiger partial charge >= 0.3 is 5.63 Å². The second-order valence-electron chi connectivity index (χ2n) is 6.11. The van der Waals surface area contributed by atoms with Crippen LogP contribution in [-0.4, -0.2) is 23.2 Å². The number of non-ortho nitro benzene ring substituents is 1. The number of nitro benzene ring substituents is 1. The van der Waals surface area contributed by atoms with Gasteiger partial charge in [0.05, 0.1) is 29.5 Å². The molecule has 0 atom stereocenters. The summed E-state index contributed by atoms with van der Waals surface area (Å²) in [5.74, 6) is 0.754. The summed E-state index contributed by atoms with van der Waals surface area (Å²) in [5, 5.41) is 17.7. The molecule has 10 heteroatoms. The molecule has 0 saturated heterocycles. The average Bonchev–Trinajstić information content (AvgIpc) is 3.22. The minimum atomic E-state index is -0.574. The van der Waals surface area contributed by atoms with E-state index in [0.29, 0.717) is 16.2 Å². The molecule has 2 aromatic carbocycles. The number of hydrogen-bond acceptors (Lipinski definition) is 9. The number of fused-ring (bicyclic) bond motifs is 1. The third-order valence-corrected chi connectivity index (χ3v) is 4.94. The van der Waals surface area contributed by atoms with E-state index in [1.165, 1.54) is 35.6 Å². The first kappa shape index (κ1) is 19.3. The minimum absolute atomic E-state index is 0.0872. The number of thiazole rings is 1. The van der Waals surface area contributed by atoms with E-state index in [2.05, 4.69) is 15.5 Å². The van der Waals surface area contributed by atoms with Crippen molar-refractivity contribution >= 4 is 39.3 Å². The van der Waals surface area contributed by atoms with Crippen molar-refractivity contribution < 1.29 is 14.1 Å². The number of ether oxygens (including phenoxy) is 1. The molecule has 9 nitrogen and oxygen atoms in total. The number of methoxy groups -OCH3 is 1. The molecule has 4 aromatic rings. The summed E-state index contributed by atoms with van der Waals surface area (Å²) < 4.78 is 10.4. The van der Waals surface area contributed by atoms with Gasteiger partial charge in [-0.15, -0.1) is 11.3 Å². The van der Waals surface area contributed by atoms with E-state index in [4.69, 9.17) is 9.15 Å². The van der Waals surface area contributed by atoms with Gasteiger partial charge in [0.2, 0.25) is 5.13 Å². The Labute approximate surface area is 173 Å². The number of nitrogens with one attached hydrogen (secondary N) is 1. The van der Waals surface area contributed by atoms with Gasteiger partial charge in [-0.25, -0.2) is 9.78 Å². The SMILES string of the molecule is COc1ccc(/C=N\Nc2nc(-c3cc4cc([N+](=O)[O-])ccc4oc3=O)cs2)cc1. The van der Waals surface area contributed by atoms with Crippen LogP contribution in [0, 0.1) is 10.1 Å². The van der Waals surface area contributed by atoms with Crippen molar-refractivity contribution in [2.24, 2.45) is 5.10 Å². The molecule has 0 fully saturated rings. The van der Waals surface area contributed by atoms with Crippen LogP contribution in [0.1, 0.15) is 5.56 Å². The van der Waals surface area contributed by atoms with Crippen LogP contribution in [0.2, 0.25) is 0 Å². The van der Waals surface area contributed by atoms with E-state index in [-0.39, 0.29) is 16.8 Å². The Morgan fingerprint density at radius 1 is 1.23 bits per heavy atom. The molecular weight excluding hydrogens is 408 g/mol. The smallest absolute Gasteiger partial charge is 0.345 e. The predicted molar refractivity (Wildman–Crippen MR) is 114 cm³/mol. The molecule has 30 heavy (non-hydrogen) atoms. The minimum Gasteiger partial charge on any atom is -0.497 e. The van der Waals surface area contributed by atoms with Gasteiger partial charge in [-0.3, -0.25) is 15.5 Å². The fourth-order valence-electron chi connectivity index (χ4n) is 2.70. The Balaban J connectivity index is 1.56. The maximum Gasteiger partial charge on any atom is 0.345 e. The largest absolute Gasteiger partial charge is 0.497 e. The Morgan fingerprint density at radius 3 is 2.77 bits per heavy atom. The van der Waals surface area contributed by atoms with Gasteiger partial charge in [0.25, 0.3) is 5.69 Å². The van der Waals surface area contributed by atoms with Gasteiger partial charge in [-0.1, -0.05) is 0 Å². The van der Waals surface area contributed by atoms with E-state index >= 15 is 0 Å². The number of hydrazone groups is 1. The highest BCUT2D eigenvalue weighted by Gasteiger charge is 2.14. The average molecular weight is 422 g/mol. The third kappa shape index (κ3) is 4.03. The lowest BCUT2D eigenvalue weighted by atomic mass is 10.1. The fourth-order valence-corrected chi connectivity index (χ4v) is 3.36. The number of benzene rings is 2. The summed E-state index contributed by atoms with van der Waals surface area (Å²) >= 11 is 1.26. The molecule has 0 radical (unpaired) electrons. The molecule has 0 bridgehead atoms. The summed E-state index contributed by atoms with van der Waals surface area (Å²) in [6.07, 6.45) is 1.63. The van der Waals surface area contributed by atoms with Crippen LogP contribution in [0.25, 0.3) is 22.2 Å². The fraction of sp³-hybridized carbons (Fsp3) is 0.0500. The van der Waals surface area contributed by atoms with Crippen molar-refractivity contribution in [2.45, 2.75) is 0 Å². The zero-order chi connectivity index (χ0) is 21.1. The van der Waals surface area contributed by atoms with Gasteiger partial charge in [0.15, 0.2) is 0 Å². The molecule has 2 heterocycles. The lowest BCUT2D eigenvalue weighted by Crippen LogP contribution is -2.03. The number of aromatic nitrogens is 1. The van der Waals surface area contributed by atoms with Crippen LogP contribution in [0.4, 0.5) is 10.8 Å². The molecule has 4 rings (SSSR count). The zero-order valence-electron chi connectivity index (χ0n) is 15.6. The predicted octanol–water partition coefficient (Wildman–Crippen LogP) is 4.28. The summed E-state index contributed by atoms with van der Waals surface area (Å²) in [5.41, 5.74) is 3.90. The first-order chi connectivity index (χ1) is 14.5. The molecule has 0 spiro atoms. The lowest BCUT2D eigenvalue weighted by Gasteiger charge is -2.00. The Morgan fingerprint density at radius 2 is 2.03 bits per heavy atom. The van der Waals surface area contributed by atoms with Gasteiger partial charge in [0, 0.05) is 22.9 Å². The lowest BCUT2D eigenvalue weighted by molar-refractivity contribution is -0.384. The maximum atomic E-state index is 12.3. The normalized spacial score (nSPS) is 11.1. The second-order valence-corrected chi connectivity index (χ2v) is 6.97. The summed E-state index contributed by atoms with van der Waals surface area (Å²) in [6, 6.07) is 12.9. The van der Waals surface area contributed by atoms with Crippen LogP contribution in [0.15, 0.2) is 68.2 Å². The quantitative estimate of drug-likeness (QED) is 0.213. The van der Waals surface area contributed by atoms with Crippen LogP contribution >= 0.6 is 11.3 Å². The van der Waals surface area contributed by atoms with E-state index in [0.717, 1.165) is 11.3 Å². The first-order valence-electron chi connectivity index (χ1n) is 8.65. The van der Waals surface area contributed by atoms with Crippen molar-refractivity contribution in [2.75, 3.05) is 12.5 Å². The molecule has 0 saturated carbocycles. The van der Waals surface area contributed by atoms with Gasteiger partial charge in [-0.2, -0.15) is 5.10 Å². The highest BCUT2D eigenvalue weighted by molar-refractivity contribution is 7.14. The first-order valence-corrected chi connectivity index (χ1v) is 9.53. The van der Waals surface area contributed by atoms with E-state index in [1.807, 2.05) is 24.3 Å². The standard InChI is InChI=1S/C20H14N4O5S/c1-28-15-5-2-12(3-6-15)10-21-23-20-22-17(11-30-20)16-9-13-8-14(24(26)27)4-7-18(13)29-19(16)25/h2-11H,1H3,(H,22,23)/b21-10-. The molecule has 1 N–H and O–H groups in total. The number of anilines is 1. The van der Waals surface area contributed by atoms with Crippen LogP contribution < -0.4 is 15.8 Å². The van der Waals surface area contributed by atoms with E-state index in [9.17, 15) is 14.9 Å². The highest BCUT2D eigenvalue weighted by Crippen LogP contribution is 2.27. The number of nitrogens with zero attached hydrogens (tertiary/aromatic N) is 3. The van der Waals surface area contributed by atoms with Gasteiger partial charge < -0.3 is 9.15 Å². The molecule has 0 aliphatic heterocycles. The topological polar surface area (TPSA) is 120 Å². The maximum absolute atomic E-state index is 12.3. The molecule has 0 aliphatic carbocycles. The molecule has 2 aromatic heterocycles. The van der Waals surface area contributed by atoms with Crippen LogP contribution in [-0.2, 0) is 0 Å². The Hall–Kier alpha value is -4.05. The van der Waals surface area contributed by atoms with Gasteiger partial charge in [0.1, 0.15) is 11.3 Å². The second kappa shape index (κ2) is 8.13. The van der Waals surface area contributed by atoms with Crippen LogP contribution in [0.3, 0.4) is 0 Å². The van der Waals surface area contributed by atoms with Crippen LogP contribution in [0.5, 0.6) is 5.75 Å². The molecule has 0 aliphatic rings. The number of nitro groups is 1. The van der Waals surface area contributed by atoms with Crippen molar-refractivity contribution in [3.8, 4) is 17.0 Å².